The Balaban J connectivity index is 2.31. The van der Waals surface area contributed by atoms with Crippen LogP contribution in [0.4, 0.5) is 0 Å². The second-order valence-electron chi connectivity index (χ2n) is 4.25. The van der Waals surface area contributed by atoms with Gasteiger partial charge in [-0.25, -0.2) is 0 Å². The number of alkyl halides is 1. The van der Waals surface area contributed by atoms with Crippen LogP contribution < -0.4 is 0 Å². The number of hydrogen-bond donors (Lipinski definition) is 0. The fourth-order valence-corrected chi connectivity index (χ4v) is 2.02. The van der Waals surface area contributed by atoms with E-state index in [1.807, 2.05) is 4.90 Å². The Labute approximate surface area is 88.8 Å². The van der Waals surface area contributed by atoms with Gasteiger partial charge in [-0.05, 0) is 18.3 Å². The summed E-state index contributed by atoms with van der Waals surface area (Å²) in [5, 5.41) is 0.955. The van der Waals surface area contributed by atoms with Gasteiger partial charge in [0.2, 0.25) is 5.91 Å². The first kappa shape index (κ1) is 11.0. The molecule has 1 rings (SSSR count). The van der Waals surface area contributed by atoms with Crippen molar-refractivity contribution in [2.75, 3.05) is 18.4 Å². The fraction of sp³-hybridized carbons (Fsp3) is 0.900. The SMILES string of the molecule is CC(C)CCN1CC(CBr)CC1=O. The van der Waals surface area contributed by atoms with Crippen molar-refractivity contribution in [1.29, 1.82) is 0 Å². The van der Waals surface area contributed by atoms with E-state index in [0.717, 1.165) is 31.3 Å². The average Bonchev–Trinajstić information content (AvgIpc) is 2.43. The average molecular weight is 248 g/mol. The quantitative estimate of drug-likeness (QED) is 0.699. The monoisotopic (exact) mass is 247 g/mol. The summed E-state index contributed by atoms with van der Waals surface area (Å²) in [7, 11) is 0. The Morgan fingerprint density at radius 1 is 1.62 bits per heavy atom. The molecule has 0 aliphatic carbocycles. The third-order valence-corrected chi connectivity index (χ3v) is 3.40. The maximum Gasteiger partial charge on any atom is 0.222 e. The van der Waals surface area contributed by atoms with Crippen LogP contribution in [0.3, 0.4) is 0 Å². The molecule has 13 heavy (non-hydrogen) atoms. The van der Waals surface area contributed by atoms with Crippen molar-refractivity contribution in [2.45, 2.75) is 26.7 Å². The first-order valence-corrected chi connectivity index (χ1v) is 6.09. The molecule has 0 saturated carbocycles. The van der Waals surface area contributed by atoms with Crippen LogP contribution in [0, 0.1) is 11.8 Å². The van der Waals surface area contributed by atoms with Gasteiger partial charge in [0, 0.05) is 24.8 Å². The molecule has 3 heteroatoms. The highest BCUT2D eigenvalue weighted by Gasteiger charge is 2.28. The smallest absolute Gasteiger partial charge is 0.222 e. The molecule has 1 amide bonds. The van der Waals surface area contributed by atoms with E-state index < -0.39 is 0 Å². The van der Waals surface area contributed by atoms with Crippen molar-refractivity contribution < 1.29 is 4.79 Å². The van der Waals surface area contributed by atoms with Gasteiger partial charge in [0.05, 0.1) is 0 Å². The number of amides is 1. The lowest BCUT2D eigenvalue weighted by atomic mass is 10.1. The van der Waals surface area contributed by atoms with E-state index in [-0.39, 0.29) is 0 Å². The third kappa shape index (κ3) is 3.29. The topological polar surface area (TPSA) is 20.3 Å². The minimum Gasteiger partial charge on any atom is -0.342 e. The predicted molar refractivity (Wildman–Crippen MR) is 57.9 cm³/mol. The second kappa shape index (κ2) is 4.99. The zero-order valence-electron chi connectivity index (χ0n) is 8.42. The summed E-state index contributed by atoms with van der Waals surface area (Å²) < 4.78 is 0. The molecular formula is C10H18BrNO. The summed E-state index contributed by atoms with van der Waals surface area (Å²) >= 11 is 3.43. The Morgan fingerprint density at radius 2 is 2.31 bits per heavy atom. The van der Waals surface area contributed by atoms with Crippen LogP contribution in [-0.4, -0.2) is 29.2 Å². The van der Waals surface area contributed by atoms with E-state index >= 15 is 0 Å². The Bertz CT molecular complexity index is 182. The van der Waals surface area contributed by atoms with E-state index in [1.54, 1.807) is 0 Å². The molecule has 1 fully saturated rings. The van der Waals surface area contributed by atoms with Crippen LogP contribution in [0.5, 0.6) is 0 Å². The Hall–Kier alpha value is -0.0500. The molecule has 1 aliphatic rings. The number of likely N-dealkylation sites (tertiary alicyclic amines) is 1. The van der Waals surface area contributed by atoms with Crippen LogP contribution in [0.15, 0.2) is 0 Å². The number of halogens is 1. The zero-order chi connectivity index (χ0) is 9.84. The summed E-state index contributed by atoms with van der Waals surface area (Å²) in [4.78, 5) is 13.5. The van der Waals surface area contributed by atoms with Crippen LogP contribution >= 0.6 is 15.9 Å². The number of nitrogens with zero attached hydrogens (tertiary/aromatic N) is 1. The Kier molecular flexibility index (Phi) is 4.23. The van der Waals surface area contributed by atoms with Crippen LogP contribution in [0.1, 0.15) is 26.7 Å². The van der Waals surface area contributed by atoms with Gasteiger partial charge in [0.25, 0.3) is 0 Å². The molecule has 1 heterocycles. The predicted octanol–water partition coefficient (Wildman–Crippen LogP) is 2.28. The molecule has 1 saturated heterocycles. The molecule has 1 atom stereocenters. The maximum atomic E-state index is 11.5. The molecule has 0 N–H and O–H groups in total. The molecular weight excluding hydrogens is 230 g/mol. The van der Waals surface area contributed by atoms with Gasteiger partial charge in [-0.3, -0.25) is 4.79 Å². The number of carbonyl (C=O) groups excluding carboxylic acids is 1. The standard InChI is InChI=1S/C10H18BrNO/c1-8(2)3-4-12-7-9(6-11)5-10(12)13/h8-9H,3-7H2,1-2H3. The number of hydrogen-bond acceptors (Lipinski definition) is 1. The van der Waals surface area contributed by atoms with Crippen molar-refractivity contribution in [2.24, 2.45) is 11.8 Å². The molecule has 0 spiro atoms. The van der Waals surface area contributed by atoms with E-state index in [0.29, 0.717) is 17.7 Å². The summed E-state index contributed by atoms with van der Waals surface area (Å²) in [6.45, 7) is 6.29. The highest BCUT2D eigenvalue weighted by atomic mass is 79.9. The van der Waals surface area contributed by atoms with Crippen LogP contribution in [0.2, 0.25) is 0 Å². The van der Waals surface area contributed by atoms with Gasteiger partial charge >= 0.3 is 0 Å². The van der Waals surface area contributed by atoms with Crippen molar-refractivity contribution >= 4 is 21.8 Å². The first-order chi connectivity index (χ1) is 6.13. The van der Waals surface area contributed by atoms with Gasteiger partial charge in [-0.15, -0.1) is 0 Å². The van der Waals surface area contributed by atoms with Crippen molar-refractivity contribution in [3.63, 3.8) is 0 Å². The van der Waals surface area contributed by atoms with E-state index in [4.69, 9.17) is 0 Å². The summed E-state index contributed by atoms with van der Waals surface area (Å²) in [6, 6.07) is 0. The zero-order valence-corrected chi connectivity index (χ0v) is 10.0. The normalized spacial score (nSPS) is 23.2. The summed E-state index contributed by atoms with van der Waals surface area (Å²) in [5.74, 6) is 1.57. The van der Waals surface area contributed by atoms with Crippen molar-refractivity contribution in [3.05, 3.63) is 0 Å². The largest absolute Gasteiger partial charge is 0.342 e. The lowest BCUT2D eigenvalue weighted by molar-refractivity contribution is -0.127. The molecule has 1 unspecified atom stereocenters. The molecule has 0 aromatic carbocycles. The number of rotatable bonds is 4. The van der Waals surface area contributed by atoms with Crippen molar-refractivity contribution in [1.82, 2.24) is 4.90 Å². The molecule has 76 valence electrons. The Morgan fingerprint density at radius 3 is 2.77 bits per heavy atom. The third-order valence-electron chi connectivity index (χ3n) is 2.49. The van der Waals surface area contributed by atoms with E-state index in [9.17, 15) is 4.79 Å². The summed E-state index contributed by atoms with van der Waals surface area (Å²) in [6.07, 6.45) is 1.87. The molecule has 0 radical (unpaired) electrons. The molecule has 0 aromatic heterocycles. The minimum atomic E-state index is 0.338. The molecule has 0 bridgehead atoms. The van der Waals surface area contributed by atoms with Crippen LogP contribution in [-0.2, 0) is 4.79 Å². The minimum absolute atomic E-state index is 0.338. The lowest BCUT2D eigenvalue weighted by Gasteiger charge is -2.17. The first-order valence-electron chi connectivity index (χ1n) is 4.97. The highest BCUT2D eigenvalue weighted by molar-refractivity contribution is 9.09. The summed E-state index contributed by atoms with van der Waals surface area (Å²) in [5.41, 5.74) is 0. The van der Waals surface area contributed by atoms with Gasteiger partial charge in [-0.2, -0.15) is 0 Å². The molecule has 0 aromatic rings. The van der Waals surface area contributed by atoms with Gasteiger partial charge < -0.3 is 4.90 Å². The van der Waals surface area contributed by atoms with E-state index in [1.165, 1.54) is 0 Å². The maximum absolute atomic E-state index is 11.5. The second-order valence-corrected chi connectivity index (χ2v) is 4.89. The van der Waals surface area contributed by atoms with Crippen molar-refractivity contribution in [3.8, 4) is 0 Å². The lowest BCUT2D eigenvalue weighted by Crippen LogP contribution is -2.27. The van der Waals surface area contributed by atoms with Crippen LogP contribution in [0.25, 0.3) is 0 Å². The molecule has 2 nitrogen and oxygen atoms in total. The highest BCUT2D eigenvalue weighted by Crippen LogP contribution is 2.20. The molecule has 1 aliphatic heterocycles. The van der Waals surface area contributed by atoms with Gasteiger partial charge in [-0.1, -0.05) is 29.8 Å². The van der Waals surface area contributed by atoms with E-state index in [2.05, 4.69) is 29.8 Å². The van der Waals surface area contributed by atoms with Gasteiger partial charge in [0.15, 0.2) is 0 Å². The fourth-order valence-electron chi connectivity index (χ4n) is 1.59. The van der Waals surface area contributed by atoms with Gasteiger partial charge in [0.1, 0.15) is 0 Å². The number of carbonyl (C=O) groups is 1.